The minimum Gasteiger partial charge on any atom is -0.311 e. The Morgan fingerprint density at radius 2 is 1.70 bits per heavy atom. The van der Waals surface area contributed by atoms with E-state index in [0.29, 0.717) is 37.7 Å². The van der Waals surface area contributed by atoms with Crippen LogP contribution in [0.4, 0.5) is 5.69 Å². The smallest absolute Gasteiger partial charge is 0.245 e. The molecule has 0 atom stereocenters. The van der Waals surface area contributed by atoms with Crippen molar-refractivity contribution >= 4 is 37.5 Å². The number of carbonyl (C=O) groups excluding carboxylic acids is 1. The highest BCUT2D eigenvalue weighted by Gasteiger charge is 2.36. The average Bonchev–Trinajstić information content (AvgIpc) is 2.97. The predicted octanol–water partition coefficient (Wildman–Crippen LogP) is 3.63. The van der Waals surface area contributed by atoms with Crippen molar-refractivity contribution in [3.05, 3.63) is 22.2 Å². The molecule has 0 aliphatic carbocycles. The minimum atomic E-state index is -3.64. The first kappa shape index (κ1) is 22.2. The van der Waals surface area contributed by atoms with E-state index in [1.54, 1.807) is 15.3 Å². The van der Waals surface area contributed by atoms with Crippen molar-refractivity contribution in [2.24, 2.45) is 5.92 Å². The minimum absolute atomic E-state index is 0.108. The maximum absolute atomic E-state index is 13.6. The summed E-state index contributed by atoms with van der Waals surface area (Å²) in [6.45, 7) is 6.62. The van der Waals surface area contributed by atoms with Crippen LogP contribution in [0.25, 0.3) is 0 Å². The summed E-state index contributed by atoms with van der Waals surface area (Å²) in [6, 6.07) is 3.60. The number of benzene rings is 1. The number of rotatable bonds is 4. The predicted molar refractivity (Wildman–Crippen MR) is 122 cm³/mol. The van der Waals surface area contributed by atoms with Gasteiger partial charge in [0.2, 0.25) is 15.9 Å². The number of carbonyl (C=O) groups is 1. The first-order valence-electron chi connectivity index (χ1n) is 11.2. The summed E-state index contributed by atoms with van der Waals surface area (Å²) < 4.78 is 29.5. The van der Waals surface area contributed by atoms with Crippen molar-refractivity contribution in [2.75, 3.05) is 44.2 Å². The van der Waals surface area contributed by atoms with E-state index in [1.165, 1.54) is 45.7 Å². The molecule has 1 amide bonds. The van der Waals surface area contributed by atoms with Crippen molar-refractivity contribution in [2.45, 2.75) is 56.8 Å². The van der Waals surface area contributed by atoms with E-state index in [2.05, 4.69) is 20.8 Å². The molecule has 4 rings (SSSR count). The Kier molecular flexibility index (Phi) is 6.87. The van der Waals surface area contributed by atoms with Gasteiger partial charge in [-0.05, 0) is 68.8 Å². The van der Waals surface area contributed by atoms with Crippen LogP contribution in [0.2, 0.25) is 0 Å². The Morgan fingerprint density at radius 1 is 1.03 bits per heavy atom. The molecule has 0 N–H and O–H groups in total. The second-order valence-electron chi connectivity index (χ2n) is 8.89. The van der Waals surface area contributed by atoms with Crippen LogP contribution in [-0.4, -0.2) is 62.8 Å². The Morgan fingerprint density at radius 3 is 2.33 bits per heavy atom. The van der Waals surface area contributed by atoms with E-state index < -0.39 is 10.0 Å². The number of sulfonamides is 1. The van der Waals surface area contributed by atoms with E-state index in [4.69, 9.17) is 0 Å². The standard InChI is InChI=1S/C22H32BrN3O3S/c1-17(27)26-13-8-19-14-20(23)15-21(22(19)26)30(28,29)25-11-6-18(7-12-25)16-24-9-4-2-3-5-10-24/h14-15,18H,2-13,16H2,1H3. The zero-order chi connectivity index (χ0) is 21.3. The third kappa shape index (κ3) is 4.61. The fraction of sp³-hybridized carbons (Fsp3) is 0.682. The van der Waals surface area contributed by atoms with E-state index >= 15 is 0 Å². The highest BCUT2D eigenvalue weighted by Crippen LogP contribution is 2.39. The van der Waals surface area contributed by atoms with Crippen molar-refractivity contribution in [3.8, 4) is 0 Å². The molecular weight excluding hydrogens is 466 g/mol. The molecule has 3 heterocycles. The lowest BCUT2D eigenvalue weighted by Gasteiger charge is -2.34. The van der Waals surface area contributed by atoms with Gasteiger partial charge >= 0.3 is 0 Å². The second-order valence-corrected chi connectivity index (χ2v) is 11.7. The molecule has 0 spiro atoms. The molecule has 8 heteroatoms. The summed E-state index contributed by atoms with van der Waals surface area (Å²) in [5.41, 5.74) is 1.51. The summed E-state index contributed by atoms with van der Waals surface area (Å²) in [5.74, 6) is 0.458. The third-order valence-electron chi connectivity index (χ3n) is 6.78. The number of hydrogen-bond acceptors (Lipinski definition) is 4. The molecule has 0 bridgehead atoms. The van der Waals surface area contributed by atoms with E-state index in [1.807, 2.05) is 6.07 Å². The lowest BCUT2D eigenvalue weighted by molar-refractivity contribution is -0.116. The molecule has 2 saturated heterocycles. The van der Waals surface area contributed by atoms with Crippen LogP contribution in [-0.2, 0) is 21.2 Å². The zero-order valence-corrected chi connectivity index (χ0v) is 20.2. The van der Waals surface area contributed by atoms with Gasteiger partial charge in [0, 0.05) is 37.6 Å². The summed E-state index contributed by atoms with van der Waals surface area (Å²) in [6.07, 6.45) is 7.74. The maximum atomic E-state index is 13.6. The number of anilines is 1. The van der Waals surface area contributed by atoms with Gasteiger partial charge < -0.3 is 9.80 Å². The summed E-state index contributed by atoms with van der Waals surface area (Å²) in [4.78, 5) is 16.6. The van der Waals surface area contributed by atoms with Crippen molar-refractivity contribution < 1.29 is 13.2 Å². The topological polar surface area (TPSA) is 60.9 Å². The largest absolute Gasteiger partial charge is 0.311 e. The molecule has 0 unspecified atom stereocenters. The quantitative estimate of drug-likeness (QED) is 0.636. The van der Waals surface area contributed by atoms with E-state index in [0.717, 1.165) is 29.4 Å². The van der Waals surface area contributed by atoms with Crippen molar-refractivity contribution in [1.82, 2.24) is 9.21 Å². The van der Waals surface area contributed by atoms with Crippen LogP contribution in [0.3, 0.4) is 0 Å². The van der Waals surface area contributed by atoms with Gasteiger partial charge in [-0.2, -0.15) is 4.31 Å². The van der Waals surface area contributed by atoms with Crippen LogP contribution in [0.5, 0.6) is 0 Å². The number of likely N-dealkylation sites (tertiary alicyclic amines) is 1. The maximum Gasteiger partial charge on any atom is 0.245 e. The molecule has 2 fully saturated rings. The summed E-state index contributed by atoms with van der Waals surface area (Å²) >= 11 is 3.47. The van der Waals surface area contributed by atoms with Gasteiger partial charge in [-0.25, -0.2) is 8.42 Å². The molecule has 6 nitrogen and oxygen atoms in total. The molecule has 3 aliphatic rings. The van der Waals surface area contributed by atoms with Crippen molar-refractivity contribution in [3.63, 3.8) is 0 Å². The number of halogens is 1. The molecule has 0 saturated carbocycles. The van der Waals surface area contributed by atoms with Gasteiger partial charge in [0.25, 0.3) is 0 Å². The third-order valence-corrected chi connectivity index (χ3v) is 9.15. The Labute approximate surface area is 188 Å². The zero-order valence-electron chi connectivity index (χ0n) is 17.8. The highest BCUT2D eigenvalue weighted by molar-refractivity contribution is 9.10. The van der Waals surface area contributed by atoms with Crippen LogP contribution < -0.4 is 4.90 Å². The number of amides is 1. The number of nitrogens with zero attached hydrogens (tertiary/aromatic N) is 3. The fourth-order valence-corrected chi connectivity index (χ4v) is 7.52. The number of piperidine rings is 1. The molecule has 166 valence electrons. The van der Waals surface area contributed by atoms with Gasteiger partial charge in [-0.1, -0.05) is 28.8 Å². The number of fused-ring (bicyclic) bond motifs is 1. The molecule has 0 radical (unpaired) electrons. The molecular formula is C22H32BrN3O3S. The van der Waals surface area contributed by atoms with Crippen LogP contribution in [0.15, 0.2) is 21.5 Å². The lowest BCUT2D eigenvalue weighted by atomic mass is 9.97. The first-order chi connectivity index (χ1) is 14.4. The van der Waals surface area contributed by atoms with Gasteiger partial charge in [0.15, 0.2) is 0 Å². The first-order valence-corrected chi connectivity index (χ1v) is 13.4. The number of hydrogen-bond donors (Lipinski definition) is 0. The molecule has 3 aliphatic heterocycles. The van der Waals surface area contributed by atoms with E-state index in [9.17, 15) is 13.2 Å². The van der Waals surface area contributed by atoms with Gasteiger partial charge in [0.1, 0.15) is 4.90 Å². The van der Waals surface area contributed by atoms with Crippen LogP contribution in [0.1, 0.15) is 51.0 Å². The molecule has 30 heavy (non-hydrogen) atoms. The SMILES string of the molecule is CC(=O)N1CCc2cc(Br)cc(S(=O)(=O)N3CCC(CN4CCCCCC4)CC3)c21. The molecule has 1 aromatic carbocycles. The Bertz CT molecular complexity index is 889. The van der Waals surface area contributed by atoms with Gasteiger partial charge in [-0.3, -0.25) is 4.79 Å². The van der Waals surface area contributed by atoms with E-state index in [-0.39, 0.29) is 10.8 Å². The van der Waals surface area contributed by atoms with Crippen LogP contribution >= 0.6 is 15.9 Å². The fourth-order valence-electron chi connectivity index (χ4n) is 5.14. The lowest BCUT2D eigenvalue weighted by Crippen LogP contribution is -2.42. The Hall–Kier alpha value is -0.960. The average molecular weight is 498 g/mol. The monoisotopic (exact) mass is 497 g/mol. The van der Waals surface area contributed by atoms with Gasteiger partial charge in [0.05, 0.1) is 5.69 Å². The molecule has 1 aromatic rings. The normalized spacial score (nSPS) is 22.1. The van der Waals surface area contributed by atoms with Gasteiger partial charge in [-0.15, -0.1) is 0 Å². The highest BCUT2D eigenvalue weighted by atomic mass is 79.9. The van der Waals surface area contributed by atoms with Crippen LogP contribution in [0, 0.1) is 5.92 Å². The Balaban J connectivity index is 1.48. The second kappa shape index (κ2) is 9.27. The molecule has 0 aromatic heterocycles. The summed E-state index contributed by atoms with van der Waals surface area (Å²) in [7, 11) is -3.64. The van der Waals surface area contributed by atoms with Crippen molar-refractivity contribution in [1.29, 1.82) is 0 Å². The summed E-state index contributed by atoms with van der Waals surface area (Å²) in [5, 5.41) is 0.